The van der Waals surface area contributed by atoms with Gasteiger partial charge in [-0.1, -0.05) is 0 Å². The molecule has 0 saturated heterocycles. The summed E-state index contributed by atoms with van der Waals surface area (Å²) in [6, 6.07) is 3.68. The molecule has 1 aromatic carbocycles. The SMILES string of the molecule is CCOc1cc(/C=C/C(=O)NCCCC(=O)OC)cc(Br)c1OCC. The number of nitrogens with one attached hydrogen (secondary N) is 1. The first-order valence-electron chi connectivity index (χ1n) is 8.13. The molecule has 0 unspecified atom stereocenters. The second-order valence-electron chi connectivity index (χ2n) is 5.00. The van der Waals surface area contributed by atoms with Crippen LogP contribution in [0.1, 0.15) is 32.3 Å². The zero-order valence-corrected chi connectivity index (χ0v) is 16.4. The minimum Gasteiger partial charge on any atom is -0.490 e. The number of amides is 1. The average molecular weight is 414 g/mol. The fourth-order valence-corrected chi connectivity index (χ4v) is 2.58. The van der Waals surface area contributed by atoms with Gasteiger partial charge in [0.05, 0.1) is 24.8 Å². The number of carbonyl (C=O) groups is 2. The third-order valence-electron chi connectivity index (χ3n) is 3.13. The van der Waals surface area contributed by atoms with E-state index in [0.29, 0.717) is 37.7 Å². The Morgan fingerprint density at radius 3 is 2.56 bits per heavy atom. The van der Waals surface area contributed by atoms with Crippen molar-refractivity contribution in [1.82, 2.24) is 5.32 Å². The lowest BCUT2D eigenvalue weighted by atomic mass is 10.2. The van der Waals surface area contributed by atoms with Gasteiger partial charge < -0.3 is 19.5 Å². The fraction of sp³-hybridized carbons (Fsp3) is 0.444. The van der Waals surface area contributed by atoms with Crippen LogP contribution in [0.5, 0.6) is 11.5 Å². The van der Waals surface area contributed by atoms with Crippen molar-refractivity contribution >= 4 is 33.9 Å². The number of hydrogen-bond acceptors (Lipinski definition) is 5. The molecule has 0 atom stereocenters. The van der Waals surface area contributed by atoms with Crippen LogP contribution in [0.25, 0.3) is 6.08 Å². The van der Waals surface area contributed by atoms with Gasteiger partial charge in [0, 0.05) is 19.0 Å². The summed E-state index contributed by atoms with van der Waals surface area (Å²) in [6.07, 6.45) is 3.95. The van der Waals surface area contributed by atoms with Crippen molar-refractivity contribution in [3.63, 3.8) is 0 Å². The lowest BCUT2D eigenvalue weighted by Gasteiger charge is -2.13. The Hall–Kier alpha value is -2.02. The number of esters is 1. The van der Waals surface area contributed by atoms with Crippen LogP contribution >= 0.6 is 15.9 Å². The smallest absolute Gasteiger partial charge is 0.305 e. The molecule has 1 rings (SSSR count). The number of rotatable bonds is 10. The third kappa shape index (κ3) is 7.60. The number of methoxy groups -OCH3 is 1. The molecule has 25 heavy (non-hydrogen) atoms. The highest BCUT2D eigenvalue weighted by Gasteiger charge is 2.11. The van der Waals surface area contributed by atoms with E-state index in [1.165, 1.54) is 13.2 Å². The Bertz CT molecular complexity index is 616. The normalized spacial score (nSPS) is 10.6. The molecule has 0 heterocycles. The number of benzene rings is 1. The van der Waals surface area contributed by atoms with E-state index in [4.69, 9.17) is 9.47 Å². The molecule has 0 aromatic heterocycles. The molecule has 1 aromatic rings. The molecule has 1 amide bonds. The third-order valence-corrected chi connectivity index (χ3v) is 3.72. The van der Waals surface area contributed by atoms with Gasteiger partial charge in [-0.3, -0.25) is 9.59 Å². The van der Waals surface area contributed by atoms with E-state index in [0.717, 1.165) is 10.0 Å². The summed E-state index contributed by atoms with van der Waals surface area (Å²) in [7, 11) is 1.34. The maximum Gasteiger partial charge on any atom is 0.305 e. The second-order valence-corrected chi connectivity index (χ2v) is 5.85. The summed E-state index contributed by atoms with van der Waals surface area (Å²) in [5.41, 5.74) is 0.809. The van der Waals surface area contributed by atoms with Gasteiger partial charge in [0.25, 0.3) is 0 Å². The fourth-order valence-electron chi connectivity index (χ4n) is 2.01. The quantitative estimate of drug-likeness (QED) is 0.361. The van der Waals surface area contributed by atoms with Gasteiger partial charge in [-0.05, 0) is 60.0 Å². The number of halogens is 1. The standard InChI is InChI=1S/C18H24BrNO5/c1-4-24-15-12-13(11-14(19)18(15)25-5-2)8-9-16(21)20-10-6-7-17(22)23-3/h8-9,11-12H,4-7,10H2,1-3H3,(H,20,21)/b9-8+. The highest BCUT2D eigenvalue weighted by Crippen LogP contribution is 2.37. The van der Waals surface area contributed by atoms with Crippen molar-refractivity contribution in [2.75, 3.05) is 26.9 Å². The molecule has 1 N–H and O–H groups in total. The van der Waals surface area contributed by atoms with E-state index in [1.807, 2.05) is 26.0 Å². The second kappa shape index (κ2) is 11.5. The topological polar surface area (TPSA) is 73.9 Å². The molecule has 138 valence electrons. The van der Waals surface area contributed by atoms with Gasteiger partial charge in [0.2, 0.25) is 5.91 Å². The lowest BCUT2D eigenvalue weighted by molar-refractivity contribution is -0.140. The average Bonchev–Trinajstić information content (AvgIpc) is 2.59. The summed E-state index contributed by atoms with van der Waals surface area (Å²) in [5, 5.41) is 2.72. The van der Waals surface area contributed by atoms with E-state index in [2.05, 4.69) is 26.0 Å². The zero-order chi connectivity index (χ0) is 18.7. The molecule has 0 aliphatic carbocycles. The summed E-state index contributed by atoms with van der Waals surface area (Å²) < 4.78 is 16.5. The molecular weight excluding hydrogens is 390 g/mol. The predicted molar refractivity (Wildman–Crippen MR) is 99.8 cm³/mol. The maximum absolute atomic E-state index is 11.8. The summed E-state index contributed by atoms with van der Waals surface area (Å²) in [4.78, 5) is 22.8. The zero-order valence-electron chi connectivity index (χ0n) is 14.8. The maximum atomic E-state index is 11.8. The van der Waals surface area contributed by atoms with Crippen LogP contribution in [0.2, 0.25) is 0 Å². The lowest BCUT2D eigenvalue weighted by Crippen LogP contribution is -2.22. The van der Waals surface area contributed by atoms with Crippen LogP contribution in [0.3, 0.4) is 0 Å². The monoisotopic (exact) mass is 413 g/mol. The van der Waals surface area contributed by atoms with Crippen molar-refractivity contribution in [1.29, 1.82) is 0 Å². The van der Waals surface area contributed by atoms with Crippen LogP contribution in [-0.2, 0) is 14.3 Å². The molecule has 6 nitrogen and oxygen atoms in total. The van der Waals surface area contributed by atoms with E-state index >= 15 is 0 Å². The molecule has 0 radical (unpaired) electrons. The first-order valence-corrected chi connectivity index (χ1v) is 8.92. The van der Waals surface area contributed by atoms with E-state index < -0.39 is 0 Å². The molecule has 0 bridgehead atoms. The Morgan fingerprint density at radius 1 is 1.20 bits per heavy atom. The van der Waals surface area contributed by atoms with E-state index in [1.54, 1.807) is 6.08 Å². The van der Waals surface area contributed by atoms with Crippen LogP contribution in [0.15, 0.2) is 22.7 Å². The first-order chi connectivity index (χ1) is 12.0. The van der Waals surface area contributed by atoms with Gasteiger partial charge in [-0.15, -0.1) is 0 Å². The summed E-state index contributed by atoms with van der Waals surface area (Å²) in [6.45, 7) is 5.26. The molecule has 0 saturated carbocycles. The largest absolute Gasteiger partial charge is 0.490 e. The van der Waals surface area contributed by atoms with E-state index in [-0.39, 0.29) is 18.3 Å². The Balaban J connectivity index is 2.66. The molecule has 0 aliphatic heterocycles. The van der Waals surface area contributed by atoms with Crippen LogP contribution < -0.4 is 14.8 Å². The minimum atomic E-state index is -0.285. The predicted octanol–water partition coefficient (Wildman–Crippen LogP) is 3.33. The Kier molecular flexibility index (Phi) is 9.69. The van der Waals surface area contributed by atoms with Gasteiger partial charge in [-0.25, -0.2) is 0 Å². The van der Waals surface area contributed by atoms with Crippen LogP contribution in [0, 0.1) is 0 Å². The van der Waals surface area contributed by atoms with Crippen LogP contribution in [-0.4, -0.2) is 38.7 Å². The van der Waals surface area contributed by atoms with Crippen molar-refractivity contribution in [2.45, 2.75) is 26.7 Å². The molecular formula is C18H24BrNO5. The Labute approximate surface area is 156 Å². The van der Waals surface area contributed by atoms with Gasteiger partial charge in [0.15, 0.2) is 11.5 Å². The number of ether oxygens (including phenoxy) is 3. The number of hydrogen-bond donors (Lipinski definition) is 1. The van der Waals surface area contributed by atoms with Gasteiger partial charge >= 0.3 is 5.97 Å². The van der Waals surface area contributed by atoms with E-state index in [9.17, 15) is 9.59 Å². The van der Waals surface area contributed by atoms with Crippen molar-refractivity contribution in [2.24, 2.45) is 0 Å². The van der Waals surface area contributed by atoms with Crippen molar-refractivity contribution in [3.05, 3.63) is 28.2 Å². The van der Waals surface area contributed by atoms with Gasteiger partial charge in [-0.2, -0.15) is 0 Å². The first kappa shape index (κ1) is 21.0. The molecule has 0 aliphatic rings. The number of carbonyl (C=O) groups excluding carboxylic acids is 2. The van der Waals surface area contributed by atoms with Crippen molar-refractivity contribution < 1.29 is 23.8 Å². The highest BCUT2D eigenvalue weighted by atomic mass is 79.9. The molecule has 0 spiro atoms. The highest BCUT2D eigenvalue weighted by molar-refractivity contribution is 9.10. The van der Waals surface area contributed by atoms with Crippen LogP contribution in [0.4, 0.5) is 0 Å². The summed E-state index contributed by atoms with van der Waals surface area (Å²) >= 11 is 3.46. The summed E-state index contributed by atoms with van der Waals surface area (Å²) in [5.74, 6) is 0.755. The molecule has 0 fully saturated rings. The minimum absolute atomic E-state index is 0.229. The van der Waals surface area contributed by atoms with Crippen molar-refractivity contribution in [3.8, 4) is 11.5 Å². The van der Waals surface area contributed by atoms with Gasteiger partial charge in [0.1, 0.15) is 0 Å². The Morgan fingerprint density at radius 2 is 1.92 bits per heavy atom. The molecule has 7 heteroatoms.